The molecule has 0 aliphatic carbocycles. The van der Waals surface area contributed by atoms with Crippen molar-refractivity contribution in [3.63, 3.8) is 0 Å². The number of hydrogen-bond donors (Lipinski definition) is 2. The maximum absolute atomic E-state index is 5.70. The molecule has 0 unspecified atom stereocenters. The van der Waals surface area contributed by atoms with Gasteiger partial charge in [0.2, 0.25) is 0 Å². The topological polar surface area (TPSA) is 72.7 Å². The lowest BCUT2D eigenvalue weighted by atomic mass is 10.1. The maximum Gasteiger partial charge on any atom is 0.191 e. The Bertz CT molecular complexity index is 727. The van der Waals surface area contributed by atoms with Crippen LogP contribution >= 0.6 is 0 Å². The monoisotopic (exact) mass is 373 g/mol. The smallest absolute Gasteiger partial charge is 0.191 e. The number of aromatic nitrogens is 2. The first kappa shape index (κ1) is 20.6. The van der Waals surface area contributed by atoms with Crippen LogP contribution < -0.4 is 20.1 Å². The molecule has 1 aromatic heterocycles. The van der Waals surface area contributed by atoms with Gasteiger partial charge < -0.3 is 20.1 Å². The van der Waals surface area contributed by atoms with Crippen LogP contribution in [0.5, 0.6) is 11.5 Å². The average molecular weight is 374 g/mol. The highest BCUT2D eigenvalue weighted by molar-refractivity contribution is 5.79. The molecule has 0 atom stereocenters. The van der Waals surface area contributed by atoms with Crippen LogP contribution in [0.4, 0.5) is 0 Å². The number of ether oxygens (including phenoxy) is 2. The van der Waals surface area contributed by atoms with Crippen LogP contribution in [-0.2, 0) is 20.0 Å². The summed E-state index contributed by atoms with van der Waals surface area (Å²) in [6, 6.07) is 6.11. The van der Waals surface area contributed by atoms with E-state index in [0.29, 0.717) is 19.8 Å². The first-order chi connectivity index (χ1) is 13.2. The molecule has 0 saturated heterocycles. The molecule has 0 aliphatic rings. The summed E-state index contributed by atoms with van der Waals surface area (Å²) in [4.78, 5) is 4.61. The van der Waals surface area contributed by atoms with Crippen LogP contribution in [0.2, 0.25) is 0 Å². The molecule has 1 aromatic carbocycles. The number of aliphatic imine (C=N–C) groups is 1. The van der Waals surface area contributed by atoms with Crippen LogP contribution in [0.1, 0.15) is 31.9 Å². The van der Waals surface area contributed by atoms with Crippen molar-refractivity contribution in [2.75, 3.05) is 26.3 Å². The van der Waals surface area contributed by atoms with Gasteiger partial charge in [0.15, 0.2) is 17.5 Å². The molecule has 27 heavy (non-hydrogen) atoms. The molecule has 2 aromatic rings. The molecule has 2 rings (SSSR count). The van der Waals surface area contributed by atoms with Gasteiger partial charge >= 0.3 is 0 Å². The zero-order valence-electron chi connectivity index (χ0n) is 16.8. The Balaban J connectivity index is 1.92. The zero-order chi connectivity index (χ0) is 19.5. The Morgan fingerprint density at radius 2 is 1.85 bits per heavy atom. The van der Waals surface area contributed by atoms with Gasteiger partial charge in [-0.05, 0) is 44.9 Å². The second kappa shape index (κ2) is 11.1. The van der Waals surface area contributed by atoms with Crippen molar-refractivity contribution in [1.29, 1.82) is 0 Å². The molecule has 0 bridgehead atoms. The molecule has 148 valence electrons. The van der Waals surface area contributed by atoms with E-state index in [0.717, 1.165) is 42.5 Å². The third-order valence-corrected chi connectivity index (χ3v) is 3.84. The van der Waals surface area contributed by atoms with E-state index in [9.17, 15) is 0 Å². The van der Waals surface area contributed by atoms with Crippen molar-refractivity contribution in [3.05, 3.63) is 41.7 Å². The Morgan fingerprint density at radius 1 is 1.07 bits per heavy atom. The van der Waals surface area contributed by atoms with Gasteiger partial charge in [-0.15, -0.1) is 0 Å². The maximum atomic E-state index is 5.70. The molecule has 0 fully saturated rings. The standard InChI is InChI=1S/C20H31N5O2/c1-5-21-20(23-13-17-14-24-25(4)15-17)22-11-10-16-8-9-18(26-6-2)19(12-16)27-7-3/h8-9,12,14-15H,5-7,10-11,13H2,1-4H3,(H2,21,22,23). The van der Waals surface area contributed by atoms with E-state index in [-0.39, 0.29) is 0 Å². The minimum atomic E-state index is 0.598. The van der Waals surface area contributed by atoms with Crippen molar-refractivity contribution in [3.8, 4) is 11.5 Å². The summed E-state index contributed by atoms with van der Waals surface area (Å²) in [6.45, 7) is 9.44. The summed E-state index contributed by atoms with van der Waals surface area (Å²) >= 11 is 0. The lowest BCUT2D eigenvalue weighted by Gasteiger charge is -2.14. The molecule has 0 radical (unpaired) electrons. The fourth-order valence-electron chi connectivity index (χ4n) is 2.64. The quantitative estimate of drug-likeness (QED) is 0.495. The van der Waals surface area contributed by atoms with E-state index in [4.69, 9.17) is 9.47 Å². The van der Waals surface area contributed by atoms with E-state index in [2.05, 4.69) is 39.8 Å². The minimum absolute atomic E-state index is 0.598. The number of aryl methyl sites for hydroxylation is 1. The summed E-state index contributed by atoms with van der Waals surface area (Å²) in [6.07, 6.45) is 4.67. The lowest BCUT2D eigenvalue weighted by Crippen LogP contribution is -2.38. The first-order valence-electron chi connectivity index (χ1n) is 9.54. The third kappa shape index (κ3) is 6.84. The SMILES string of the molecule is CCNC(=NCc1cnn(C)c1)NCCc1ccc(OCC)c(OCC)c1. The second-order valence-corrected chi connectivity index (χ2v) is 6.04. The Morgan fingerprint density at radius 3 is 2.52 bits per heavy atom. The van der Waals surface area contributed by atoms with E-state index in [1.54, 1.807) is 4.68 Å². The normalized spacial score (nSPS) is 11.3. The van der Waals surface area contributed by atoms with Crippen molar-refractivity contribution in [1.82, 2.24) is 20.4 Å². The Labute approximate surface area is 161 Å². The number of nitrogens with one attached hydrogen (secondary N) is 2. The van der Waals surface area contributed by atoms with E-state index in [1.165, 1.54) is 5.56 Å². The highest BCUT2D eigenvalue weighted by atomic mass is 16.5. The fourth-order valence-corrected chi connectivity index (χ4v) is 2.64. The van der Waals surface area contributed by atoms with E-state index >= 15 is 0 Å². The highest BCUT2D eigenvalue weighted by Crippen LogP contribution is 2.28. The third-order valence-electron chi connectivity index (χ3n) is 3.84. The summed E-state index contributed by atoms with van der Waals surface area (Å²) in [7, 11) is 1.91. The zero-order valence-corrected chi connectivity index (χ0v) is 16.8. The Kier molecular flexibility index (Phi) is 8.48. The van der Waals surface area contributed by atoms with Gasteiger partial charge in [0.05, 0.1) is 26.0 Å². The van der Waals surface area contributed by atoms with Gasteiger partial charge in [0, 0.05) is 31.9 Å². The molecule has 7 nitrogen and oxygen atoms in total. The van der Waals surface area contributed by atoms with Gasteiger partial charge in [0.25, 0.3) is 0 Å². The molecule has 2 N–H and O–H groups in total. The summed E-state index contributed by atoms with van der Waals surface area (Å²) in [5.41, 5.74) is 2.28. The summed E-state index contributed by atoms with van der Waals surface area (Å²) in [5.74, 6) is 2.40. The predicted molar refractivity (Wildman–Crippen MR) is 109 cm³/mol. The van der Waals surface area contributed by atoms with Crippen molar-refractivity contribution in [2.45, 2.75) is 33.7 Å². The van der Waals surface area contributed by atoms with Crippen LogP contribution in [0.15, 0.2) is 35.6 Å². The van der Waals surface area contributed by atoms with Gasteiger partial charge in [-0.25, -0.2) is 4.99 Å². The number of benzene rings is 1. The van der Waals surface area contributed by atoms with Gasteiger partial charge in [-0.2, -0.15) is 5.10 Å². The molecular formula is C20H31N5O2. The van der Waals surface area contributed by atoms with Gasteiger partial charge in [0.1, 0.15) is 0 Å². The van der Waals surface area contributed by atoms with Crippen LogP contribution in [0.25, 0.3) is 0 Å². The second-order valence-electron chi connectivity index (χ2n) is 6.04. The largest absolute Gasteiger partial charge is 0.490 e. The predicted octanol–water partition coefficient (Wildman–Crippen LogP) is 2.52. The van der Waals surface area contributed by atoms with E-state index in [1.807, 2.05) is 39.4 Å². The van der Waals surface area contributed by atoms with Crippen molar-refractivity contribution in [2.24, 2.45) is 12.0 Å². The molecular weight excluding hydrogens is 342 g/mol. The van der Waals surface area contributed by atoms with E-state index < -0.39 is 0 Å². The highest BCUT2D eigenvalue weighted by Gasteiger charge is 2.06. The lowest BCUT2D eigenvalue weighted by molar-refractivity contribution is 0.287. The number of rotatable bonds is 10. The average Bonchev–Trinajstić information content (AvgIpc) is 3.07. The molecule has 0 aliphatic heterocycles. The molecule has 7 heteroatoms. The van der Waals surface area contributed by atoms with Crippen LogP contribution in [-0.4, -0.2) is 42.0 Å². The molecule has 1 heterocycles. The summed E-state index contributed by atoms with van der Waals surface area (Å²) < 4.78 is 13.1. The van der Waals surface area contributed by atoms with Gasteiger partial charge in [-0.3, -0.25) is 4.68 Å². The molecule has 0 saturated carbocycles. The fraction of sp³-hybridized carbons (Fsp3) is 0.500. The van der Waals surface area contributed by atoms with Crippen LogP contribution in [0.3, 0.4) is 0 Å². The molecule has 0 spiro atoms. The van der Waals surface area contributed by atoms with Crippen molar-refractivity contribution < 1.29 is 9.47 Å². The van der Waals surface area contributed by atoms with Gasteiger partial charge in [-0.1, -0.05) is 6.07 Å². The minimum Gasteiger partial charge on any atom is -0.490 e. The van der Waals surface area contributed by atoms with Crippen molar-refractivity contribution >= 4 is 5.96 Å². The number of hydrogen-bond acceptors (Lipinski definition) is 4. The molecule has 0 amide bonds. The van der Waals surface area contributed by atoms with Crippen LogP contribution in [0, 0.1) is 0 Å². The first-order valence-corrected chi connectivity index (χ1v) is 9.54. The summed E-state index contributed by atoms with van der Waals surface area (Å²) in [5, 5.41) is 10.8. The number of nitrogens with zero attached hydrogens (tertiary/aromatic N) is 3. The number of guanidine groups is 1. The Hall–Kier alpha value is -2.70.